The first-order valence-electron chi connectivity index (χ1n) is 8.62. The van der Waals surface area contributed by atoms with Crippen molar-refractivity contribution >= 4 is 11.9 Å². The second kappa shape index (κ2) is 8.38. The fourth-order valence-corrected chi connectivity index (χ4v) is 3.01. The van der Waals surface area contributed by atoms with Gasteiger partial charge >= 0.3 is 12.1 Å². The van der Waals surface area contributed by atoms with Gasteiger partial charge in [0, 0.05) is 6.54 Å². The third-order valence-corrected chi connectivity index (χ3v) is 4.42. The summed E-state index contributed by atoms with van der Waals surface area (Å²) in [6.07, 6.45) is -4.84. The highest BCUT2D eigenvalue weighted by atomic mass is 19.4. The first-order chi connectivity index (χ1) is 11.3. The van der Waals surface area contributed by atoms with E-state index in [9.17, 15) is 22.8 Å². The minimum Gasteiger partial charge on any atom is -0.460 e. The van der Waals surface area contributed by atoms with Crippen molar-refractivity contribution in [3.63, 3.8) is 0 Å². The molecule has 1 amide bonds. The van der Waals surface area contributed by atoms with Crippen molar-refractivity contribution in [1.29, 1.82) is 0 Å². The summed E-state index contributed by atoms with van der Waals surface area (Å²) in [6, 6.07) is -0.546. The van der Waals surface area contributed by atoms with Gasteiger partial charge in [0.15, 0.2) is 0 Å². The summed E-state index contributed by atoms with van der Waals surface area (Å²) in [6.45, 7) is 7.37. The monoisotopic (exact) mass is 366 g/mol. The summed E-state index contributed by atoms with van der Waals surface area (Å²) in [4.78, 5) is 25.5. The molecule has 1 aliphatic rings. The van der Waals surface area contributed by atoms with Crippen LogP contribution in [-0.2, 0) is 14.3 Å². The van der Waals surface area contributed by atoms with Crippen molar-refractivity contribution in [1.82, 2.24) is 4.90 Å². The minimum absolute atomic E-state index is 0.0731. The number of piperidine rings is 1. The second-order valence-corrected chi connectivity index (χ2v) is 7.79. The Balaban J connectivity index is 2.89. The van der Waals surface area contributed by atoms with Crippen molar-refractivity contribution in [3.8, 4) is 0 Å². The van der Waals surface area contributed by atoms with Crippen molar-refractivity contribution in [3.05, 3.63) is 0 Å². The molecule has 8 heteroatoms. The van der Waals surface area contributed by atoms with Crippen molar-refractivity contribution < 1.29 is 27.5 Å². The van der Waals surface area contributed by atoms with Gasteiger partial charge in [-0.1, -0.05) is 0 Å². The molecule has 1 rings (SSSR count). The van der Waals surface area contributed by atoms with E-state index in [0.717, 1.165) is 6.42 Å². The molecule has 0 aromatic rings. The van der Waals surface area contributed by atoms with Crippen LogP contribution in [0.1, 0.15) is 53.4 Å². The van der Waals surface area contributed by atoms with Gasteiger partial charge in [-0.3, -0.25) is 9.59 Å². The number of likely N-dealkylation sites (tertiary alicyclic amines) is 1. The average Bonchev–Trinajstić information content (AvgIpc) is 2.44. The summed E-state index contributed by atoms with van der Waals surface area (Å²) >= 11 is 0. The molecule has 1 heterocycles. The van der Waals surface area contributed by atoms with Crippen molar-refractivity contribution in [2.24, 2.45) is 17.1 Å². The van der Waals surface area contributed by atoms with Crippen LogP contribution < -0.4 is 5.73 Å². The molecule has 0 radical (unpaired) electrons. The van der Waals surface area contributed by atoms with Gasteiger partial charge in [0.2, 0.25) is 5.91 Å². The number of amides is 1. The van der Waals surface area contributed by atoms with Gasteiger partial charge in [-0.25, -0.2) is 0 Å². The summed E-state index contributed by atoms with van der Waals surface area (Å²) in [7, 11) is 0. The van der Waals surface area contributed by atoms with E-state index in [1.165, 1.54) is 4.90 Å². The SMILES string of the molecule is C[C@H](OC(=O)C(C)(C)C)C1CCC(CCN)CN1C(=O)CC(F)(F)F. The molecular weight excluding hydrogens is 337 g/mol. The van der Waals surface area contributed by atoms with Gasteiger partial charge in [0.25, 0.3) is 0 Å². The van der Waals surface area contributed by atoms with Crippen molar-refractivity contribution in [2.45, 2.75) is 71.7 Å². The van der Waals surface area contributed by atoms with E-state index in [2.05, 4.69) is 0 Å². The summed E-state index contributed by atoms with van der Waals surface area (Å²) in [5.74, 6) is -1.34. The Kier molecular flexibility index (Phi) is 7.28. The Bertz CT molecular complexity index is 475. The number of carbonyl (C=O) groups is 2. The summed E-state index contributed by atoms with van der Waals surface area (Å²) in [5, 5.41) is 0. The van der Waals surface area contributed by atoms with Crippen LogP contribution in [0.3, 0.4) is 0 Å². The normalized spacial score (nSPS) is 23.3. The standard InChI is InChI=1S/C17H29F3N2O3/c1-11(25-15(24)16(2,3)4)13-6-5-12(7-8-21)10-22(13)14(23)9-17(18,19)20/h11-13H,5-10,21H2,1-4H3/t11-,12?,13?/m0/s1. The molecule has 0 saturated carbocycles. The largest absolute Gasteiger partial charge is 0.460 e. The molecule has 1 saturated heterocycles. The molecule has 146 valence electrons. The number of halogens is 3. The van der Waals surface area contributed by atoms with Crippen LogP contribution in [0.15, 0.2) is 0 Å². The number of nitrogens with zero attached hydrogens (tertiary/aromatic N) is 1. The summed E-state index contributed by atoms with van der Waals surface area (Å²) < 4.78 is 43.4. The number of nitrogens with two attached hydrogens (primary N) is 1. The molecule has 0 aromatic heterocycles. The fourth-order valence-electron chi connectivity index (χ4n) is 3.01. The lowest BCUT2D eigenvalue weighted by atomic mass is 9.88. The molecule has 0 spiro atoms. The Morgan fingerprint density at radius 3 is 2.32 bits per heavy atom. The van der Waals surface area contributed by atoms with E-state index in [-0.39, 0.29) is 12.5 Å². The highest BCUT2D eigenvalue weighted by Crippen LogP contribution is 2.31. The third kappa shape index (κ3) is 6.84. The Morgan fingerprint density at radius 2 is 1.84 bits per heavy atom. The van der Waals surface area contributed by atoms with Crippen LogP contribution in [0.4, 0.5) is 13.2 Å². The van der Waals surface area contributed by atoms with Crippen LogP contribution in [0.2, 0.25) is 0 Å². The molecule has 3 atom stereocenters. The molecule has 2 unspecified atom stereocenters. The Hall–Kier alpha value is -1.31. The molecule has 1 fully saturated rings. The number of carbonyl (C=O) groups excluding carboxylic acids is 2. The Morgan fingerprint density at radius 1 is 1.24 bits per heavy atom. The third-order valence-electron chi connectivity index (χ3n) is 4.42. The quantitative estimate of drug-likeness (QED) is 0.760. The predicted octanol–water partition coefficient (Wildman–Crippen LogP) is 2.87. The zero-order chi connectivity index (χ0) is 19.4. The minimum atomic E-state index is -4.56. The van der Waals surface area contributed by atoms with E-state index in [4.69, 9.17) is 10.5 Å². The lowest BCUT2D eigenvalue weighted by molar-refractivity contribution is -0.173. The maximum absolute atomic E-state index is 12.6. The topological polar surface area (TPSA) is 72.6 Å². The maximum Gasteiger partial charge on any atom is 0.397 e. The zero-order valence-electron chi connectivity index (χ0n) is 15.4. The van der Waals surface area contributed by atoms with Gasteiger partial charge in [-0.05, 0) is 59.4 Å². The van der Waals surface area contributed by atoms with Crippen LogP contribution in [0.5, 0.6) is 0 Å². The van der Waals surface area contributed by atoms with Gasteiger partial charge in [0.1, 0.15) is 12.5 Å². The van der Waals surface area contributed by atoms with E-state index >= 15 is 0 Å². The smallest absolute Gasteiger partial charge is 0.397 e. The average molecular weight is 366 g/mol. The molecular formula is C17H29F3N2O3. The van der Waals surface area contributed by atoms with Crippen molar-refractivity contribution in [2.75, 3.05) is 13.1 Å². The molecule has 1 aliphatic heterocycles. The maximum atomic E-state index is 12.6. The predicted molar refractivity (Wildman–Crippen MR) is 87.6 cm³/mol. The fraction of sp³-hybridized carbons (Fsp3) is 0.882. The Labute approximate surface area is 147 Å². The molecule has 25 heavy (non-hydrogen) atoms. The molecule has 2 N–H and O–H groups in total. The molecule has 0 aromatic carbocycles. The van der Waals surface area contributed by atoms with Crippen LogP contribution >= 0.6 is 0 Å². The van der Waals surface area contributed by atoms with Gasteiger partial charge in [-0.15, -0.1) is 0 Å². The van der Waals surface area contributed by atoms with Crippen LogP contribution in [0.25, 0.3) is 0 Å². The zero-order valence-corrected chi connectivity index (χ0v) is 15.4. The van der Waals surface area contributed by atoms with Crippen LogP contribution in [-0.4, -0.2) is 48.2 Å². The van der Waals surface area contributed by atoms with Gasteiger partial charge < -0.3 is 15.4 Å². The summed E-state index contributed by atoms with van der Waals surface area (Å²) in [5.41, 5.74) is 4.82. The van der Waals surface area contributed by atoms with E-state index in [1.807, 2.05) is 0 Å². The van der Waals surface area contributed by atoms with Crippen LogP contribution in [0, 0.1) is 11.3 Å². The first-order valence-corrected chi connectivity index (χ1v) is 8.62. The first kappa shape index (κ1) is 21.7. The van der Waals surface area contributed by atoms with Gasteiger partial charge in [-0.2, -0.15) is 13.2 Å². The number of hydrogen-bond acceptors (Lipinski definition) is 4. The van der Waals surface area contributed by atoms with E-state index < -0.39 is 42.0 Å². The molecule has 5 nitrogen and oxygen atoms in total. The highest BCUT2D eigenvalue weighted by Gasteiger charge is 2.41. The second-order valence-electron chi connectivity index (χ2n) is 7.79. The number of esters is 1. The molecule has 0 bridgehead atoms. The number of hydrogen-bond donors (Lipinski definition) is 1. The lowest BCUT2D eigenvalue weighted by Gasteiger charge is -2.42. The van der Waals surface area contributed by atoms with E-state index in [1.54, 1.807) is 27.7 Å². The van der Waals surface area contributed by atoms with Gasteiger partial charge in [0.05, 0.1) is 11.5 Å². The number of alkyl halides is 3. The number of ether oxygens (including phenoxy) is 1. The number of rotatable bonds is 5. The van der Waals surface area contributed by atoms with E-state index in [0.29, 0.717) is 19.4 Å². The lowest BCUT2D eigenvalue weighted by Crippen LogP contribution is -2.53. The molecule has 0 aliphatic carbocycles. The highest BCUT2D eigenvalue weighted by molar-refractivity contribution is 5.78.